The van der Waals surface area contributed by atoms with Crippen LogP contribution in [0.5, 0.6) is 0 Å². The van der Waals surface area contributed by atoms with Crippen LogP contribution in [0.2, 0.25) is 0 Å². The minimum absolute atomic E-state index is 0.0577. The highest BCUT2D eigenvalue weighted by Gasteiger charge is 2.14. The summed E-state index contributed by atoms with van der Waals surface area (Å²) in [6, 6.07) is 4.54. The third kappa shape index (κ3) is 3.47. The van der Waals surface area contributed by atoms with Crippen LogP contribution in [0.4, 0.5) is 5.82 Å². The molecule has 0 saturated carbocycles. The van der Waals surface area contributed by atoms with Crippen molar-refractivity contribution in [2.24, 2.45) is 5.84 Å². The SMILES string of the molecule is Cc1nccc(CNS(=O)(=O)c2ccc(NN)nc2)n1. The number of aromatic nitrogens is 3. The first-order valence-electron chi connectivity index (χ1n) is 5.72. The topological polar surface area (TPSA) is 123 Å². The van der Waals surface area contributed by atoms with Gasteiger partial charge in [0.1, 0.15) is 16.5 Å². The molecule has 2 aromatic heterocycles. The summed E-state index contributed by atoms with van der Waals surface area (Å²) in [6.45, 7) is 1.82. The summed E-state index contributed by atoms with van der Waals surface area (Å²) in [5.74, 6) is 6.14. The summed E-state index contributed by atoms with van der Waals surface area (Å²) in [5.41, 5.74) is 2.92. The molecule has 0 spiro atoms. The second-order valence-electron chi connectivity index (χ2n) is 3.94. The number of rotatable bonds is 5. The smallest absolute Gasteiger partial charge is 0.242 e. The van der Waals surface area contributed by atoms with E-state index < -0.39 is 10.0 Å². The summed E-state index contributed by atoms with van der Waals surface area (Å²) in [4.78, 5) is 12.0. The Labute approximate surface area is 116 Å². The standard InChI is InChI=1S/C11H14N6O2S/c1-8-13-5-4-9(16-8)6-15-20(18,19)10-2-3-11(17-12)14-7-10/h2-5,7,15H,6,12H2,1H3,(H,14,17). The number of anilines is 1. The molecule has 20 heavy (non-hydrogen) atoms. The molecule has 0 fully saturated rings. The lowest BCUT2D eigenvalue weighted by Crippen LogP contribution is -2.24. The highest BCUT2D eigenvalue weighted by Crippen LogP contribution is 2.10. The van der Waals surface area contributed by atoms with Crippen LogP contribution >= 0.6 is 0 Å². The molecule has 0 aromatic carbocycles. The van der Waals surface area contributed by atoms with E-state index in [4.69, 9.17) is 5.84 Å². The predicted molar refractivity (Wildman–Crippen MR) is 72.8 cm³/mol. The fraction of sp³-hybridized carbons (Fsp3) is 0.182. The number of nitrogens with two attached hydrogens (primary N) is 1. The zero-order valence-electron chi connectivity index (χ0n) is 10.7. The van der Waals surface area contributed by atoms with E-state index in [1.807, 2.05) is 0 Å². The van der Waals surface area contributed by atoms with Gasteiger partial charge in [0.05, 0.1) is 12.2 Å². The van der Waals surface area contributed by atoms with E-state index in [9.17, 15) is 8.42 Å². The van der Waals surface area contributed by atoms with Gasteiger partial charge in [-0.15, -0.1) is 0 Å². The molecule has 0 saturated heterocycles. The lowest BCUT2D eigenvalue weighted by Gasteiger charge is -2.07. The molecule has 9 heteroatoms. The fourth-order valence-corrected chi connectivity index (χ4v) is 2.42. The van der Waals surface area contributed by atoms with E-state index >= 15 is 0 Å². The van der Waals surface area contributed by atoms with E-state index in [0.717, 1.165) is 0 Å². The van der Waals surface area contributed by atoms with Crippen LogP contribution in [0.3, 0.4) is 0 Å². The largest absolute Gasteiger partial charge is 0.308 e. The molecule has 106 valence electrons. The number of hydrogen-bond donors (Lipinski definition) is 3. The number of nitrogens with zero attached hydrogens (tertiary/aromatic N) is 3. The van der Waals surface area contributed by atoms with Crippen LogP contribution < -0.4 is 16.0 Å². The van der Waals surface area contributed by atoms with Crippen molar-refractivity contribution >= 4 is 15.8 Å². The van der Waals surface area contributed by atoms with E-state index in [1.54, 1.807) is 19.2 Å². The van der Waals surface area contributed by atoms with Gasteiger partial charge < -0.3 is 5.43 Å². The molecule has 4 N–H and O–H groups in total. The van der Waals surface area contributed by atoms with E-state index in [2.05, 4.69) is 25.1 Å². The second-order valence-corrected chi connectivity index (χ2v) is 5.71. The summed E-state index contributed by atoms with van der Waals surface area (Å²) in [7, 11) is -3.64. The van der Waals surface area contributed by atoms with Gasteiger partial charge in [0.2, 0.25) is 10.0 Å². The maximum Gasteiger partial charge on any atom is 0.242 e. The maximum absolute atomic E-state index is 12.0. The Balaban J connectivity index is 2.10. The van der Waals surface area contributed by atoms with Crippen LogP contribution in [-0.4, -0.2) is 23.4 Å². The molecule has 2 rings (SSSR count). The van der Waals surface area contributed by atoms with Crippen LogP contribution in [0.1, 0.15) is 11.5 Å². The quantitative estimate of drug-likeness (QED) is 0.521. The highest BCUT2D eigenvalue weighted by atomic mass is 32.2. The fourth-order valence-electron chi connectivity index (χ4n) is 1.48. The second kappa shape index (κ2) is 5.90. The van der Waals surface area contributed by atoms with Gasteiger partial charge >= 0.3 is 0 Å². The Kier molecular flexibility index (Phi) is 4.23. The lowest BCUT2D eigenvalue weighted by molar-refractivity contribution is 0.580. The number of sulfonamides is 1. The molecular weight excluding hydrogens is 280 g/mol. The Morgan fingerprint density at radius 1 is 1.25 bits per heavy atom. The van der Waals surface area contributed by atoms with Crippen molar-refractivity contribution in [3.8, 4) is 0 Å². The first kappa shape index (κ1) is 14.3. The minimum atomic E-state index is -3.64. The van der Waals surface area contributed by atoms with Crippen molar-refractivity contribution < 1.29 is 8.42 Å². The molecule has 0 amide bonds. The van der Waals surface area contributed by atoms with E-state index in [1.165, 1.54) is 18.3 Å². The molecule has 0 atom stereocenters. The molecular formula is C11H14N6O2S. The normalized spacial score (nSPS) is 11.3. The Bertz CT molecular complexity index is 686. The highest BCUT2D eigenvalue weighted by molar-refractivity contribution is 7.89. The molecule has 0 aliphatic heterocycles. The lowest BCUT2D eigenvalue weighted by atomic mass is 10.4. The van der Waals surface area contributed by atoms with Gasteiger partial charge in [-0.25, -0.2) is 33.9 Å². The van der Waals surface area contributed by atoms with E-state index in [-0.39, 0.29) is 11.4 Å². The van der Waals surface area contributed by atoms with Crippen LogP contribution in [0.25, 0.3) is 0 Å². The molecule has 2 heterocycles. The molecule has 0 aliphatic carbocycles. The van der Waals surface area contributed by atoms with Gasteiger partial charge in [0.15, 0.2) is 0 Å². The number of aryl methyl sites for hydroxylation is 1. The summed E-state index contributed by atoms with van der Waals surface area (Å²) < 4.78 is 26.5. The first-order valence-corrected chi connectivity index (χ1v) is 7.20. The average molecular weight is 294 g/mol. The third-order valence-corrected chi connectivity index (χ3v) is 3.86. The van der Waals surface area contributed by atoms with Gasteiger partial charge in [-0.3, -0.25) is 0 Å². The van der Waals surface area contributed by atoms with Crippen molar-refractivity contribution in [1.82, 2.24) is 19.7 Å². The first-order chi connectivity index (χ1) is 9.51. The number of nitrogens with one attached hydrogen (secondary N) is 2. The predicted octanol–water partition coefficient (Wildman–Crippen LogP) is -0.0559. The monoisotopic (exact) mass is 294 g/mol. The Morgan fingerprint density at radius 2 is 2.05 bits per heavy atom. The molecule has 8 nitrogen and oxygen atoms in total. The minimum Gasteiger partial charge on any atom is -0.308 e. The van der Waals surface area contributed by atoms with E-state index in [0.29, 0.717) is 17.3 Å². The van der Waals surface area contributed by atoms with Gasteiger partial charge in [-0.2, -0.15) is 0 Å². The summed E-state index contributed by atoms with van der Waals surface area (Å²) in [6.07, 6.45) is 2.80. The number of hydrogen-bond acceptors (Lipinski definition) is 7. The molecule has 0 radical (unpaired) electrons. The van der Waals surface area contributed by atoms with Crippen LogP contribution in [0, 0.1) is 6.92 Å². The number of hydrazine groups is 1. The zero-order valence-corrected chi connectivity index (χ0v) is 11.6. The summed E-state index contributed by atoms with van der Waals surface area (Å²) >= 11 is 0. The molecule has 2 aromatic rings. The van der Waals surface area contributed by atoms with Crippen molar-refractivity contribution in [3.05, 3.63) is 42.1 Å². The van der Waals surface area contributed by atoms with Crippen LogP contribution in [-0.2, 0) is 16.6 Å². The third-order valence-electron chi connectivity index (χ3n) is 2.47. The molecule has 0 unspecified atom stereocenters. The number of nitrogen functional groups attached to an aromatic ring is 1. The zero-order chi connectivity index (χ0) is 14.6. The maximum atomic E-state index is 12.0. The van der Waals surface area contributed by atoms with Crippen molar-refractivity contribution in [2.45, 2.75) is 18.4 Å². The van der Waals surface area contributed by atoms with Crippen molar-refractivity contribution in [2.75, 3.05) is 5.43 Å². The Hall–Kier alpha value is -2.10. The van der Waals surface area contributed by atoms with Gasteiger partial charge in [-0.1, -0.05) is 0 Å². The van der Waals surface area contributed by atoms with Gasteiger partial charge in [-0.05, 0) is 25.1 Å². The van der Waals surface area contributed by atoms with Gasteiger partial charge in [0.25, 0.3) is 0 Å². The van der Waals surface area contributed by atoms with Crippen molar-refractivity contribution in [3.63, 3.8) is 0 Å². The molecule has 0 aliphatic rings. The number of pyridine rings is 1. The average Bonchev–Trinajstić information content (AvgIpc) is 2.45. The van der Waals surface area contributed by atoms with Crippen molar-refractivity contribution in [1.29, 1.82) is 0 Å². The van der Waals surface area contributed by atoms with Gasteiger partial charge in [0, 0.05) is 12.4 Å². The Morgan fingerprint density at radius 3 is 2.65 bits per heavy atom. The summed E-state index contributed by atoms with van der Waals surface area (Å²) in [5, 5.41) is 0. The molecule has 0 bridgehead atoms. The van der Waals surface area contributed by atoms with Crippen LogP contribution in [0.15, 0.2) is 35.5 Å².